The zero-order valence-electron chi connectivity index (χ0n) is 14.4. The summed E-state index contributed by atoms with van der Waals surface area (Å²) in [4.78, 5) is 2.61. The van der Waals surface area contributed by atoms with Gasteiger partial charge in [0, 0.05) is 25.2 Å². The number of sulfonamides is 1. The Morgan fingerprint density at radius 3 is 2.41 bits per heavy atom. The van der Waals surface area contributed by atoms with Crippen LogP contribution < -0.4 is 4.72 Å². The molecule has 1 aromatic rings. The van der Waals surface area contributed by atoms with E-state index >= 15 is 0 Å². The molecule has 2 rings (SSSR count). The molecule has 0 amide bonds. The minimum atomic E-state index is -3.54. The number of aromatic nitrogens is 2. The van der Waals surface area contributed by atoms with Crippen molar-refractivity contribution in [2.45, 2.75) is 58.5 Å². The third kappa shape index (κ3) is 3.21. The molecule has 1 aliphatic rings. The van der Waals surface area contributed by atoms with Crippen molar-refractivity contribution in [2.75, 3.05) is 19.6 Å². The van der Waals surface area contributed by atoms with E-state index in [-0.39, 0.29) is 12.1 Å². The molecule has 22 heavy (non-hydrogen) atoms. The van der Waals surface area contributed by atoms with Crippen molar-refractivity contribution in [3.8, 4) is 0 Å². The maximum absolute atomic E-state index is 12.8. The van der Waals surface area contributed by atoms with Gasteiger partial charge in [-0.2, -0.15) is 5.10 Å². The molecular weight excluding hydrogens is 300 g/mol. The first-order valence-electron chi connectivity index (χ1n) is 7.97. The molecule has 1 aliphatic heterocycles. The van der Waals surface area contributed by atoms with Gasteiger partial charge in [0.25, 0.3) is 0 Å². The van der Waals surface area contributed by atoms with Crippen molar-refractivity contribution in [3.05, 3.63) is 11.4 Å². The topological polar surface area (TPSA) is 67.2 Å². The van der Waals surface area contributed by atoms with Crippen molar-refractivity contribution in [2.24, 2.45) is 5.92 Å². The first kappa shape index (κ1) is 17.4. The summed E-state index contributed by atoms with van der Waals surface area (Å²) in [5.41, 5.74) is 1.27. The molecule has 0 spiro atoms. The van der Waals surface area contributed by atoms with Gasteiger partial charge in [0.15, 0.2) is 0 Å². The molecule has 2 heterocycles. The van der Waals surface area contributed by atoms with Crippen molar-refractivity contribution in [1.82, 2.24) is 19.4 Å². The van der Waals surface area contributed by atoms with Gasteiger partial charge in [0.05, 0.1) is 11.4 Å². The number of likely N-dealkylation sites (N-methyl/N-ethyl adjacent to an activating group) is 1. The zero-order valence-corrected chi connectivity index (χ0v) is 15.2. The second-order valence-corrected chi connectivity index (χ2v) is 8.25. The molecule has 2 atom stereocenters. The molecule has 7 heteroatoms. The lowest BCUT2D eigenvalue weighted by Gasteiger charge is -2.17. The fraction of sp³-hybridized carbons (Fsp3) is 0.800. The van der Waals surface area contributed by atoms with E-state index in [4.69, 9.17) is 0 Å². The van der Waals surface area contributed by atoms with Gasteiger partial charge < -0.3 is 4.90 Å². The summed E-state index contributed by atoms with van der Waals surface area (Å²) in [5.74, 6) is 0.315. The predicted molar refractivity (Wildman–Crippen MR) is 87.5 cm³/mol. The van der Waals surface area contributed by atoms with Crippen LogP contribution in [0.3, 0.4) is 0 Å². The summed E-state index contributed by atoms with van der Waals surface area (Å²) in [6, 6.07) is 0.106. The summed E-state index contributed by atoms with van der Waals surface area (Å²) < 4.78 is 30.3. The lowest BCUT2D eigenvalue weighted by Crippen LogP contribution is -2.40. The van der Waals surface area contributed by atoms with Crippen LogP contribution in [0.25, 0.3) is 0 Å². The number of nitrogens with zero attached hydrogens (tertiary/aromatic N) is 3. The second-order valence-electron chi connectivity index (χ2n) is 6.60. The van der Waals surface area contributed by atoms with Gasteiger partial charge in [0.2, 0.25) is 10.0 Å². The molecule has 0 aromatic carbocycles. The number of nitrogens with one attached hydrogen (secondary N) is 1. The molecule has 1 aromatic heterocycles. The second kappa shape index (κ2) is 6.29. The molecule has 0 bridgehead atoms. The highest BCUT2D eigenvalue weighted by molar-refractivity contribution is 7.89. The minimum absolute atomic E-state index is 0.0360. The molecular formula is C15H28N4O2S. The first-order valence-corrected chi connectivity index (χ1v) is 9.46. The number of aryl methyl sites for hydroxylation is 1. The van der Waals surface area contributed by atoms with Crippen molar-refractivity contribution < 1.29 is 8.42 Å². The van der Waals surface area contributed by atoms with E-state index in [0.717, 1.165) is 19.6 Å². The van der Waals surface area contributed by atoms with Gasteiger partial charge in [-0.05, 0) is 40.2 Å². The molecule has 1 fully saturated rings. The van der Waals surface area contributed by atoms with Gasteiger partial charge in [0.1, 0.15) is 4.90 Å². The van der Waals surface area contributed by atoms with Gasteiger partial charge in [-0.15, -0.1) is 0 Å². The molecule has 0 saturated carbocycles. The minimum Gasteiger partial charge on any atom is -0.302 e. The van der Waals surface area contributed by atoms with E-state index in [1.165, 1.54) is 0 Å². The van der Waals surface area contributed by atoms with E-state index in [2.05, 4.69) is 28.6 Å². The third-order valence-corrected chi connectivity index (χ3v) is 6.20. The summed E-state index contributed by atoms with van der Waals surface area (Å²) in [5, 5.41) is 4.39. The Hall–Kier alpha value is -0.920. The van der Waals surface area contributed by atoms with Crippen LogP contribution in [0.2, 0.25) is 0 Å². The standard InChI is InChI=1S/C15H28N4O2S/c1-7-18-8-11(4)14(9-18)17-22(20,21)15-12(5)16-19(10(2)3)13(15)6/h10-11,14,17H,7-9H2,1-6H3/t11-,14-/m0/s1. The third-order valence-electron chi connectivity index (χ3n) is 4.46. The van der Waals surface area contributed by atoms with Crippen LogP contribution in [-0.2, 0) is 10.0 Å². The number of rotatable bonds is 5. The van der Waals surface area contributed by atoms with Gasteiger partial charge in [-0.1, -0.05) is 13.8 Å². The van der Waals surface area contributed by atoms with Crippen LogP contribution >= 0.6 is 0 Å². The van der Waals surface area contributed by atoms with E-state index in [1.807, 2.05) is 20.8 Å². The number of likely N-dealkylation sites (tertiary alicyclic amines) is 1. The maximum atomic E-state index is 12.8. The predicted octanol–water partition coefficient (Wildman–Crippen LogP) is 1.70. The normalized spacial score (nSPS) is 23.6. The lowest BCUT2D eigenvalue weighted by atomic mass is 10.1. The summed E-state index contributed by atoms with van der Waals surface area (Å²) >= 11 is 0. The average molecular weight is 328 g/mol. The summed E-state index contributed by atoms with van der Waals surface area (Å²) in [6.45, 7) is 14.4. The average Bonchev–Trinajstić information content (AvgIpc) is 2.90. The number of hydrogen-bond acceptors (Lipinski definition) is 4. The van der Waals surface area contributed by atoms with E-state index < -0.39 is 10.0 Å². The fourth-order valence-corrected chi connectivity index (χ4v) is 5.01. The Morgan fingerprint density at radius 1 is 1.32 bits per heavy atom. The Labute approximate surface area is 133 Å². The lowest BCUT2D eigenvalue weighted by molar-refractivity contribution is 0.344. The van der Waals surface area contributed by atoms with Crippen LogP contribution in [-0.4, -0.2) is 48.8 Å². The van der Waals surface area contributed by atoms with Crippen molar-refractivity contribution in [1.29, 1.82) is 0 Å². The van der Waals surface area contributed by atoms with Crippen LogP contribution in [0.5, 0.6) is 0 Å². The molecule has 0 aliphatic carbocycles. The Balaban J connectivity index is 2.28. The van der Waals surface area contributed by atoms with Crippen LogP contribution in [0.1, 0.15) is 45.1 Å². The van der Waals surface area contributed by atoms with Gasteiger partial charge in [-0.25, -0.2) is 13.1 Å². The number of hydrogen-bond donors (Lipinski definition) is 1. The highest BCUT2D eigenvalue weighted by Crippen LogP contribution is 2.24. The van der Waals surface area contributed by atoms with Crippen LogP contribution in [0, 0.1) is 19.8 Å². The summed E-state index contributed by atoms with van der Waals surface area (Å²) in [6.07, 6.45) is 0. The highest BCUT2D eigenvalue weighted by atomic mass is 32.2. The van der Waals surface area contributed by atoms with E-state index in [9.17, 15) is 8.42 Å². The fourth-order valence-electron chi connectivity index (χ4n) is 3.28. The quantitative estimate of drug-likeness (QED) is 0.893. The monoisotopic (exact) mass is 328 g/mol. The SMILES string of the molecule is CCN1C[C@H](NS(=O)(=O)c2c(C)nn(C(C)C)c2C)[C@@H](C)C1. The molecule has 126 valence electrons. The maximum Gasteiger partial charge on any atom is 0.244 e. The molecule has 1 saturated heterocycles. The highest BCUT2D eigenvalue weighted by Gasteiger charge is 2.34. The van der Waals surface area contributed by atoms with E-state index in [1.54, 1.807) is 11.6 Å². The van der Waals surface area contributed by atoms with E-state index in [0.29, 0.717) is 22.2 Å². The molecule has 1 N–H and O–H groups in total. The Bertz CT molecular complexity index is 636. The van der Waals surface area contributed by atoms with Crippen molar-refractivity contribution in [3.63, 3.8) is 0 Å². The largest absolute Gasteiger partial charge is 0.302 e. The molecule has 0 radical (unpaired) electrons. The summed E-state index contributed by atoms with van der Waals surface area (Å²) in [7, 11) is -3.54. The molecule has 6 nitrogen and oxygen atoms in total. The van der Waals surface area contributed by atoms with Crippen LogP contribution in [0.4, 0.5) is 0 Å². The Kier molecular flexibility index (Phi) is 4.99. The first-order chi connectivity index (χ1) is 10.2. The van der Waals surface area contributed by atoms with Crippen LogP contribution in [0.15, 0.2) is 4.90 Å². The van der Waals surface area contributed by atoms with Crippen molar-refractivity contribution >= 4 is 10.0 Å². The van der Waals surface area contributed by atoms with Gasteiger partial charge >= 0.3 is 0 Å². The van der Waals surface area contributed by atoms with Gasteiger partial charge in [-0.3, -0.25) is 4.68 Å². The zero-order chi connectivity index (χ0) is 16.7. The smallest absolute Gasteiger partial charge is 0.244 e. The Morgan fingerprint density at radius 2 is 1.95 bits per heavy atom. The molecule has 0 unspecified atom stereocenters.